The Kier molecular flexibility index (Phi) is 4.16. The van der Waals surface area contributed by atoms with Crippen molar-refractivity contribution < 1.29 is 9.90 Å². The van der Waals surface area contributed by atoms with E-state index in [4.69, 9.17) is 5.11 Å². The number of aryl methyl sites for hydroxylation is 1. The van der Waals surface area contributed by atoms with E-state index in [1.165, 1.54) is 4.57 Å². The zero-order valence-corrected chi connectivity index (χ0v) is 13.5. The van der Waals surface area contributed by atoms with Gasteiger partial charge in [0.05, 0.1) is 5.69 Å². The van der Waals surface area contributed by atoms with Crippen molar-refractivity contribution in [3.05, 3.63) is 57.8 Å². The summed E-state index contributed by atoms with van der Waals surface area (Å²) in [5, 5.41) is 13.5. The highest BCUT2D eigenvalue weighted by molar-refractivity contribution is 5.99. The second kappa shape index (κ2) is 6.27. The molecule has 1 unspecified atom stereocenters. The minimum atomic E-state index is -1.27. The van der Waals surface area contributed by atoms with Gasteiger partial charge in [-0.1, -0.05) is 12.1 Å². The molecule has 24 heavy (non-hydrogen) atoms. The largest absolute Gasteiger partial charge is 0.477 e. The van der Waals surface area contributed by atoms with Crippen molar-refractivity contribution in [2.24, 2.45) is 5.10 Å². The van der Waals surface area contributed by atoms with Crippen molar-refractivity contribution in [2.75, 3.05) is 5.43 Å². The second-order valence-electron chi connectivity index (χ2n) is 5.90. The standard InChI is InChI=1S/C17H18N4O3/c1-10-4-3-5-12(8-10)19-20-14-7-6-11(2)21-15(14)18-9-13(16(21)22)17(23)24/h3-5,8-9,11,19H,6-7H2,1-2H3,(H,23,24)/b20-14+. The van der Waals surface area contributed by atoms with Crippen LogP contribution < -0.4 is 11.0 Å². The third kappa shape index (κ3) is 2.92. The number of carbonyl (C=O) groups is 1. The number of hydrogen-bond donors (Lipinski definition) is 2. The Morgan fingerprint density at radius 3 is 2.96 bits per heavy atom. The highest BCUT2D eigenvalue weighted by Crippen LogP contribution is 2.22. The SMILES string of the molecule is Cc1cccc(N/N=C2\CCC(C)n3c2ncc(C(=O)O)c3=O)c1. The van der Waals surface area contributed by atoms with Crippen LogP contribution in [0, 0.1) is 6.92 Å². The lowest BCUT2D eigenvalue weighted by atomic mass is 10.0. The van der Waals surface area contributed by atoms with Crippen molar-refractivity contribution in [1.82, 2.24) is 9.55 Å². The number of aromatic carboxylic acids is 1. The van der Waals surface area contributed by atoms with E-state index in [9.17, 15) is 9.59 Å². The normalized spacial score (nSPS) is 18.2. The highest BCUT2D eigenvalue weighted by Gasteiger charge is 2.26. The number of hydrazone groups is 1. The predicted octanol–water partition coefficient (Wildman–Crippen LogP) is 2.42. The molecule has 0 spiro atoms. The van der Waals surface area contributed by atoms with Gasteiger partial charge in [-0.15, -0.1) is 0 Å². The van der Waals surface area contributed by atoms with Gasteiger partial charge in [-0.25, -0.2) is 9.78 Å². The molecule has 0 saturated carbocycles. The van der Waals surface area contributed by atoms with Crippen LogP contribution in [-0.4, -0.2) is 26.3 Å². The van der Waals surface area contributed by atoms with Gasteiger partial charge in [-0.2, -0.15) is 5.10 Å². The number of nitrogens with zero attached hydrogens (tertiary/aromatic N) is 3. The average molecular weight is 326 g/mol. The Morgan fingerprint density at radius 1 is 1.46 bits per heavy atom. The van der Waals surface area contributed by atoms with Crippen LogP contribution >= 0.6 is 0 Å². The Hall–Kier alpha value is -2.96. The van der Waals surface area contributed by atoms with Gasteiger partial charge in [0.15, 0.2) is 5.82 Å². The maximum atomic E-state index is 12.4. The summed E-state index contributed by atoms with van der Waals surface area (Å²) < 4.78 is 1.42. The van der Waals surface area contributed by atoms with Gasteiger partial charge in [0.25, 0.3) is 5.56 Å². The first-order chi connectivity index (χ1) is 11.5. The van der Waals surface area contributed by atoms with Crippen molar-refractivity contribution in [3.63, 3.8) is 0 Å². The first kappa shape index (κ1) is 15.9. The van der Waals surface area contributed by atoms with E-state index in [0.29, 0.717) is 24.4 Å². The molecule has 0 bridgehead atoms. The molecule has 0 fully saturated rings. The minimum absolute atomic E-state index is 0.114. The highest BCUT2D eigenvalue weighted by atomic mass is 16.4. The van der Waals surface area contributed by atoms with E-state index in [2.05, 4.69) is 15.5 Å². The number of carboxylic acid groups (broad SMARTS) is 1. The molecule has 2 heterocycles. The Balaban J connectivity index is 2.00. The van der Waals surface area contributed by atoms with Gasteiger partial charge in [0.1, 0.15) is 11.3 Å². The van der Waals surface area contributed by atoms with Crippen molar-refractivity contribution >= 4 is 17.4 Å². The number of aromatic nitrogens is 2. The number of benzene rings is 1. The van der Waals surface area contributed by atoms with Crippen LogP contribution in [0.5, 0.6) is 0 Å². The van der Waals surface area contributed by atoms with E-state index in [0.717, 1.165) is 17.4 Å². The molecule has 2 N–H and O–H groups in total. The topological polar surface area (TPSA) is 96.6 Å². The number of hydrogen-bond acceptors (Lipinski definition) is 5. The van der Waals surface area contributed by atoms with E-state index in [-0.39, 0.29) is 11.6 Å². The molecule has 3 rings (SSSR count). The molecule has 1 aliphatic heterocycles. The molecule has 0 aliphatic carbocycles. The summed E-state index contributed by atoms with van der Waals surface area (Å²) in [5.41, 5.74) is 4.72. The molecule has 7 heteroatoms. The molecule has 0 amide bonds. The molecule has 2 aromatic rings. The van der Waals surface area contributed by atoms with Crippen LogP contribution in [-0.2, 0) is 0 Å². The van der Waals surface area contributed by atoms with Gasteiger partial charge in [-0.3, -0.25) is 14.8 Å². The van der Waals surface area contributed by atoms with E-state index >= 15 is 0 Å². The third-order valence-electron chi connectivity index (χ3n) is 4.06. The molecule has 1 aromatic carbocycles. The Morgan fingerprint density at radius 2 is 2.25 bits per heavy atom. The fourth-order valence-electron chi connectivity index (χ4n) is 2.78. The summed E-state index contributed by atoms with van der Waals surface area (Å²) in [5.74, 6) is -0.846. The Bertz CT molecular complexity index is 886. The molecule has 0 radical (unpaired) electrons. The summed E-state index contributed by atoms with van der Waals surface area (Å²) >= 11 is 0. The third-order valence-corrected chi connectivity index (χ3v) is 4.06. The molecule has 7 nitrogen and oxygen atoms in total. The number of fused-ring (bicyclic) bond motifs is 1. The second-order valence-corrected chi connectivity index (χ2v) is 5.90. The molecular weight excluding hydrogens is 308 g/mol. The van der Waals surface area contributed by atoms with Crippen molar-refractivity contribution in [3.8, 4) is 0 Å². The van der Waals surface area contributed by atoms with E-state index in [1.54, 1.807) is 0 Å². The van der Waals surface area contributed by atoms with Gasteiger partial charge in [-0.05, 0) is 44.4 Å². The number of anilines is 1. The molecule has 0 saturated heterocycles. The molecule has 1 aliphatic rings. The summed E-state index contributed by atoms with van der Waals surface area (Å²) in [6.45, 7) is 3.87. The van der Waals surface area contributed by atoms with Gasteiger partial charge < -0.3 is 5.11 Å². The van der Waals surface area contributed by atoms with E-state index < -0.39 is 11.5 Å². The maximum absolute atomic E-state index is 12.4. The molecule has 1 atom stereocenters. The van der Waals surface area contributed by atoms with Crippen LogP contribution in [0.15, 0.2) is 40.4 Å². The molecular formula is C17H18N4O3. The number of nitrogens with one attached hydrogen (secondary N) is 1. The zero-order chi connectivity index (χ0) is 17.3. The average Bonchev–Trinajstić information content (AvgIpc) is 2.54. The maximum Gasteiger partial charge on any atom is 0.342 e. The van der Waals surface area contributed by atoms with Crippen LogP contribution in [0.25, 0.3) is 0 Å². The van der Waals surface area contributed by atoms with Crippen LogP contribution in [0.4, 0.5) is 5.69 Å². The number of rotatable bonds is 3. The van der Waals surface area contributed by atoms with E-state index in [1.807, 2.05) is 38.1 Å². The smallest absolute Gasteiger partial charge is 0.342 e. The summed E-state index contributed by atoms with van der Waals surface area (Å²) in [4.78, 5) is 27.7. The lowest BCUT2D eigenvalue weighted by molar-refractivity contribution is 0.0693. The van der Waals surface area contributed by atoms with Crippen molar-refractivity contribution in [2.45, 2.75) is 32.7 Å². The summed E-state index contributed by atoms with van der Waals surface area (Å²) in [7, 11) is 0. The summed E-state index contributed by atoms with van der Waals surface area (Å²) in [6.07, 6.45) is 2.47. The van der Waals surface area contributed by atoms with Gasteiger partial charge >= 0.3 is 5.97 Å². The molecule has 1 aromatic heterocycles. The lowest BCUT2D eigenvalue weighted by Crippen LogP contribution is -2.37. The van der Waals surface area contributed by atoms with Crippen LogP contribution in [0.1, 0.15) is 47.6 Å². The van der Waals surface area contributed by atoms with Gasteiger partial charge in [0.2, 0.25) is 0 Å². The Labute approximate surface area is 138 Å². The minimum Gasteiger partial charge on any atom is -0.477 e. The lowest BCUT2D eigenvalue weighted by Gasteiger charge is -2.25. The fourth-order valence-corrected chi connectivity index (χ4v) is 2.78. The molecule has 124 valence electrons. The number of carboxylic acids is 1. The quantitative estimate of drug-likeness (QED) is 0.844. The zero-order valence-electron chi connectivity index (χ0n) is 13.5. The fraction of sp³-hybridized carbons (Fsp3) is 0.294. The monoisotopic (exact) mass is 326 g/mol. The summed E-state index contributed by atoms with van der Waals surface area (Å²) in [6, 6.07) is 7.67. The van der Waals surface area contributed by atoms with Crippen molar-refractivity contribution in [1.29, 1.82) is 0 Å². The predicted molar refractivity (Wildman–Crippen MR) is 90.7 cm³/mol. The van der Waals surface area contributed by atoms with Crippen LogP contribution in [0.3, 0.4) is 0 Å². The van der Waals surface area contributed by atoms with Gasteiger partial charge in [0, 0.05) is 12.2 Å². The first-order valence-electron chi connectivity index (χ1n) is 7.72. The van der Waals surface area contributed by atoms with Crippen LogP contribution in [0.2, 0.25) is 0 Å². The first-order valence-corrected chi connectivity index (χ1v) is 7.72.